The quantitative estimate of drug-likeness (QED) is 0.418. The third-order valence-electron chi connectivity index (χ3n) is 5.25. The van der Waals surface area contributed by atoms with Crippen LogP contribution in [-0.4, -0.2) is 59.9 Å². The summed E-state index contributed by atoms with van der Waals surface area (Å²) in [6.45, 7) is 6.77. The van der Waals surface area contributed by atoms with Crippen molar-refractivity contribution in [3.8, 4) is 5.75 Å². The second kappa shape index (κ2) is 9.35. The van der Waals surface area contributed by atoms with Gasteiger partial charge in [0, 0.05) is 18.7 Å². The Morgan fingerprint density at radius 1 is 1.13 bits per heavy atom. The Balaban J connectivity index is 2.09. The fourth-order valence-electron chi connectivity index (χ4n) is 3.74. The van der Waals surface area contributed by atoms with Gasteiger partial charge in [-0.15, -0.1) is 0 Å². The van der Waals surface area contributed by atoms with Crippen LogP contribution >= 0.6 is 0 Å². The number of likely N-dealkylation sites (tertiary alicyclic amines) is 1. The lowest BCUT2D eigenvalue weighted by Crippen LogP contribution is -2.35. The minimum Gasteiger partial charge on any atom is -0.507 e. The number of ether oxygens (including phenoxy) is 1. The number of nitrogens with zero attached hydrogens (tertiary/aromatic N) is 2. The first kappa shape index (κ1) is 22.6. The van der Waals surface area contributed by atoms with Crippen molar-refractivity contribution >= 4 is 17.4 Å². The molecule has 0 aromatic heterocycles. The molecule has 6 nitrogen and oxygen atoms in total. The van der Waals surface area contributed by atoms with Gasteiger partial charge in [-0.3, -0.25) is 9.59 Å². The van der Waals surface area contributed by atoms with Gasteiger partial charge >= 0.3 is 0 Å². The van der Waals surface area contributed by atoms with Crippen molar-refractivity contribution in [2.75, 3.05) is 27.2 Å². The number of aliphatic hydroxyl groups excluding tert-OH is 1. The van der Waals surface area contributed by atoms with Crippen LogP contribution in [0, 0.1) is 6.92 Å². The van der Waals surface area contributed by atoms with Gasteiger partial charge < -0.3 is 19.6 Å². The van der Waals surface area contributed by atoms with E-state index in [2.05, 4.69) is 0 Å². The number of ketones is 1. The summed E-state index contributed by atoms with van der Waals surface area (Å²) in [5.74, 6) is -0.699. The van der Waals surface area contributed by atoms with Crippen molar-refractivity contribution in [3.63, 3.8) is 0 Å². The normalized spacial score (nSPS) is 18.3. The van der Waals surface area contributed by atoms with E-state index in [4.69, 9.17) is 4.74 Å². The largest absolute Gasteiger partial charge is 0.507 e. The smallest absolute Gasteiger partial charge is 0.295 e. The first-order chi connectivity index (χ1) is 14.7. The molecule has 1 unspecified atom stereocenters. The van der Waals surface area contributed by atoms with Crippen LogP contribution in [0.4, 0.5) is 0 Å². The standard InChI is InChI=1S/C25H30N2O4/c1-16(2)31-20-12-11-19(15-17(20)3)23(28)21-22(18-9-7-6-8-10-18)27(14-13-26(4)5)25(30)24(21)29/h6-12,15-16,22,28H,13-14H2,1-5H3/b23-21-. The van der Waals surface area contributed by atoms with Crippen LogP contribution < -0.4 is 4.74 Å². The van der Waals surface area contributed by atoms with Crippen molar-refractivity contribution in [1.82, 2.24) is 9.80 Å². The molecule has 0 aliphatic carbocycles. The Labute approximate surface area is 183 Å². The highest BCUT2D eigenvalue weighted by Gasteiger charge is 2.45. The molecule has 1 amide bonds. The highest BCUT2D eigenvalue weighted by atomic mass is 16.5. The minimum absolute atomic E-state index is 0.0262. The Kier molecular flexibility index (Phi) is 6.81. The zero-order valence-corrected chi connectivity index (χ0v) is 18.8. The molecule has 0 saturated carbocycles. The fourth-order valence-corrected chi connectivity index (χ4v) is 3.74. The summed E-state index contributed by atoms with van der Waals surface area (Å²) >= 11 is 0. The number of benzene rings is 2. The summed E-state index contributed by atoms with van der Waals surface area (Å²) in [7, 11) is 3.83. The molecular formula is C25H30N2O4. The van der Waals surface area contributed by atoms with Gasteiger partial charge in [0.15, 0.2) is 0 Å². The molecule has 1 atom stereocenters. The lowest BCUT2D eigenvalue weighted by molar-refractivity contribution is -0.140. The second-order valence-electron chi connectivity index (χ2n) is 8.35. The predicted octanol–water partition coefficient (Wildman–Crippen LogP) is 3.77. The third-order valence-corrected chi connectivity index (χ3v) is 5.25. The Morgan fingerprint density at radius 2 is 1.81 bits per heavy atom. The Hall–Kier alpha value is -3.12. The maximum atomic E-state index is 13.0. The zero-order chi connectivity index (χ0) is 22.7. The fraction of sp³-hybridized carbons (Fsp3) is 0.360. The first-order valence-corrected chi connectivity index (χ1v) is 10.5. The monoisotopic (exact) mass is 422 g/mol. The first-order valence-electron chi connectivity index (χ1n) is 10.5. The van der Waals surface area contributed by atoms with E-state index in [1.54, 1.807) is 23.1 Å². The van der Waals surface area contributed by atoms with Crippen molar-refractivity contribution in [2.45, 2.75) is 32.9 Å². The molecule has 164 valence electrons. The molecule has 1 aliphatic rings. The number of carbonyl (C=O) groups is 2. The molecule has 1 aliphatic heterocycles. The highest BCUT2D eigenvalue weighted by Crippen LogP contribution is 2.39. The molecule has 1 N–H and O–H groups in total. The van der Waals surface area contributed by atoms with Gasteiger partial charge in [-0.2, -0.15) is 0 Å². The molecule has 31 heavy (non-hydrogen) atoms. The van der Waals surface area contributed by atoms with Crippen molar-refractivity contribution in [3.05, 3.63) is 70.8 Å². The lowest BCUT2D eigenvalue weighted by Gasteiger charge is -2.26. The average molecular weight is 423 g/mol. The summed E-state index contributed by atoms with van der Waals surface area (Å²) in [6.07, 6.45) is 0.0262. The van der Waals surface area contributed by atoms with Crippen molar-refractivity contribution in [1.29, 1.82) is 0 Å². The molecule has 1 saturated heterocycles. The maximum Gasteiger partial charge on any atom is 0.295 e. The molecule has 1 heterocycles. The van der Waals surface area contributed by atoms with Gasteiger partial charge in [-0.05, 0) is 64.2 Å². The van der Waals surface area contributed by atoms with Gasteiger partial charge in [0.2, 0.25) is 0 Å². The molecule has 0 spiro atoms. The van der Waals surface area contributed by atoms with E-state index in [0.717, 1.165) is 16.9 Å². The third kappa shape index (κ3) is 4.80. The molecule has 0 bridgehead atoms. The summed E-state index contributed by atoms with van der Waals surface area (Å²) < 4.78 is 5.77. The minimum atomic E-state index is -0.662. The van der Waals surface area contributed by atoms with Crippen LogP contribution in [0.5, 0.6) is 5.75 Å². The lowest BCUT2D eigenvalue weighted by atomic mass is 9.95. The average Bonchev–Trinajstić information content (AvgIpc) is 2.98. The number of hydrogen-bond donors (Lipinski definition) is 1. The molecular weight excluding hydrogens is 392 g/mol. The van der Waals surface area contributed by atoms with Crippen molar-refractivity contribution in [2.24, 2.45) is 0 Å². The maximum absolute atomic E-state index is 13.0. The number of rotatable bonds is 7. The van der Waals surface area contributed by atoms with Gasteiger partial charge in [0.05, 0.1) is 17.7 Å². The molecule has 0 radical (unpaired) electrons. The number of likely N-dealkylation sites (N-methyl/N-ethyl adjacent to an activating group) is 1. The van der Waals surface area contributed by atoms with E-state index in [9.17, 15) is 14.7 Å². The van der Waals surface area contributed by atoms with Gasteiger partial charge in [0.25, 0.3) is 11.7 Å². The number of carbonyl (C=O) groups excluding carboxylic acids is 2. The summed E-state index contributed by atoms with van der Waals surface area (Å²) in [4.78, 5) is 29.4. The molecule has 3 rings (SSSR count). The van der Waals surface area contributed by atoms with Gasteiger partial charge in [-0.1, -0.05) is 30.3 Å². The number of aryl methyl sites for hydroxylation is 1. The van der Waals surface area contributed by atoms with E-state index in [1.807, 2.05) is 70.1 Å². The SMILES string of the molecule is Cc1cc(/C(O)=C2/C(=O)C(=O)N(CCN(C)C)C2c2ccccc2)ccc1OC(C)C. The van der Waals surface area contributed by atoms with Crippen LogP contribution in [0.2, 0.25) is 0 Å². The van der Waals surface area contributed by atoms with Gasteiger partial charge in [-0.25, -0.2) is 0 Å². The van der Waals surface area contributed by atoms with E-state index >= 15 is 0 Å². The highest BCUT2D eigenvalue weighted by molar-refractivity contribution is 6.46. The van der Waals surface area contributed by atoms with Crippen molar-refractivity contribution < 1.29 is 19.4 Å². The number of amides is 1. The van der Waals surface area contributed by atoms with E-state index in [-0.39, 0.29) is 17.4 Å². The number of aliphatic hydroxyl groups is 1. The zero-order valence-electron chi connectivity index (χ0n) is 18.8. The van der Waals surface area contributed by atoms with E-state index in [0.29, 0.717) is 18.7 Å². The van der Waals surface area contributed by atoms with E-state index in [1.165, 1.54) is 0 Å². The Morgan fingerprint density at radius 3 is 2.39 bits per heavy atom. The second-order valence-corrected chi connectivity index (χ2v) is 8.35. The number of hydrogen-bond acceptors (Lipinski definition) is 5. The summed E-state index contributed by atoms with van der Waals surface area (Å²) in [5.41, 5.74) is 2.24. The van der Waals surface area contributed by atoms with Gasteiger partial charge in [0.1, 0.15) is 11.5 Å². The van der Waals surface area contributed by atoms with Crippen LogP contribution in [0.15, 0.2) is 54.1 Å². The molecule has 2 aromatic rings. The van der Waals surface area contributed by atoms with Crippen LogP contribution in [0.1, 0.15) is 36.6 Å². The number of Topliss-reactive ketones (excluding diaryl/α,β-unsaturated/α-hetero) is 1. The molecule has 1 fully saturated rings. The summed E-state index contributed by atoms with van der Waals surface area (Å²) in [6, 6.07) is 14.0. The molecule has 2 aromatic carbocycles. The van der Waals surface area contributed by atoms with E-state index < -0.39 is 17.7 Å². The summed E-state index contributed by atoms with van der Waals surface area (Å²) in [5, 5.41) is 11.2. The topological polar surface area (TPSA) is 70.1 Å². The van der Waals surface area contributed by atoms with Crippen LogP contribution in [0.3, 0.4) is 0 Å². The Bertz CT molecular complexity index is 996. The van der Waals surface area contributed by atoms with Crippen LogP contribution in [-0.2, 0) is 9.59 Å². The van der Waals surface area contributed by atoms with Crippen LogP contribution in [0.25, 0.3) is 5.76 Å². The predicted molar refractivity (Wildman–Crippen MR) is 121 cm³/mol. The molecule has 6 heteroatoms.